The number of pyridine rings is 1. The maximum Gasteiger partial charge on any atom is 0.319 e. The van der Waals surface area contributed by atoms with Crippen LogP contribution in [0.1, 0.15) is 6.42 Å². The van der Waals surface area contributed by atoms with Gasteiger partial charge in [-0.25, -0.2) is 4.79 Å². The number of piperazine rings is 1. The van der Waals surface area contributed by atoms with E-state index in [1.165, 1.54) is 0 Å². The Hall–Kier alpha value is -2.15. The summed E-state index contributed by atoms with van der Waals surface area (Å²) in [5, 5.41) is 0. The standard InChI is InChI=1S/C16H23N5O2/c1-18(2)15(23)20-8-6-16(11-20)12-21(14(22)10-19(16)3)13-5-4-7-17-9-13/h4-5,7,9H,6,8,10-12H2,1-3H3/t16-/m0/s1. The maximum absolute atomic E-state index is 12.4. The number of rotatable bonds is 1. The summed E-state index contributed by atoms with van der Waals surface area (Å²) in [6.07, 6.45) is 4.29. The van der Waals surface area contributed by atoms with Gasteiger partial charge in [0.25, 0.3) is 0 Å². The lowest BCUT2D eigenvalue weighted by Crippen LogP contribution is -2.64. The number of likely N-dealkylation sites (tertiary alicyclic amines) is 1. The summed E-state index contributed by atoms with van der Waals surface area (Å²) in [6, 6.07) is 3.77. The first-order valence-electron chi connectivity index (χ1n) is 7.81. The topological polar surface area (TPSA) is 60.0 Å². The first kappa shape index (κ1) is 15.7. The van der Waals surface area contributed by atoms with Crippen molar-refractivity contribution in [2.24, 2.45) is 0 Å². The number of hydrogen-bond donors (Lipinski definition) is 0. The van der Waals surface area contributed by atoms with Crippen LogP contribution in [0.4, 0.5) is 10.5 Å². The van der Waals surface area contributed by atoms with Crippen molar-refractivity contribution in [2.45, 2.75) is 12.0 Å². The number of amides is 3. The molecule has 3 amide bonds. The first-order chi connectivity index (χ1) is 10.9. The van der Waals surface area contributed by atoms with Crippen LogP contribution in [-0.4, -0.2) is 84.5 Å². The van der Waals surface area contributed by atoms with E-state index < -0.39 is 0 Å². The summed E-state index contributed by atoms with van der Waals surface area (Å²) in [4.78, 5) is 36.2. The molecule has 7 nitrogen and oxygen atoms in total. The molecule has 0 bridgehead atoms. The van der Waals surface area contributed by atoms with Gasteiger partial charge in [0.05, 0.1) is 24.0 Å². The molecule has 2 fully saturated rings. The Balaban J connectivity index is 1.82. The molecular formula is C16H23N5O2. The first-order valence-corrected chi connectivity index (χ1v) is 7.81. The lowest BCUT2D eigenvalue weighted by Gasteiger charge is -2.46. The van der Waals surface area contributed by atoms with E-state index in [2.05, 4.69) is 9.88 Å². The lowest BCUT2D eigenvalue weighted by atomic mass is 9.92. The van der Waals surface area contributed by atoms with Crippen LogP contribution in [0, 0.1) is 0 Å². The predicted molar refractivity (Wildman–Crippen MR) is 87.2 cm³/mol. The summed E-state index contributed by atoms with van der Waals surface area (Å²) < 4.78 is 0. The minimum absolute atomic E-state index is 0.0279. The minimum Gasteiger partial charge on any atom is -0.331 e. The van der Waals surface area contributed by atoms with Gasteiger partial charge in [0, 0.05) is 39.9 Å². The van der Waals surface area contributed by atoms with E-state index in [4.69, 9.17) is 0 Å². The van der Waals surface area contributed by atoms with E-state index in [1.807, 2.05) is 24.1 Å². The number of anilines is 1. The van der Waals surface area contributed by atoms with Crippen LogP contribution in [0.25, 0.3) is 0 Å². The fourth-order valence-corrected chi connectivity index (χ4v) is 3.45. The summed E-state index contributed by atoms with van der Waals surface area (Å²) in [5.41, 5.74) is 0.637. The molecule has 124 valence electrons. The Labute approximate surface area is 136 Å². The number of carbonyl (C=O) groups excluding carboxylic acids is 2. The number of hydrogen-bond acceptors (Lipinski definition) is 4. The molecule has 3 heterocycles. The van der Waals surface area contributed by atoms with Crippen molar-refractivity contribution in [3.8, 4) is 0 Å². The molecule has 0 radical (unpaired) electrons. The molecule has 1 atom stereocenters. The molecule has 3 rings (SSSR count). The van der Waals surface area contributed by atoms with Gasteiger partial charge in [-0.15, -0.1) is 0 Å². The smallest absolute Gasteiger partial charge is 0.319 e. The molecule has 0 N–H and O–H groups in total. The van der Waals surface area contributed by atoms with Gasteiger partial charge in [-0.3, -0.25) is 14.7 Å². The molecule has 0 unspecified atom stereocenters. The Morgan fingerprint density at radius 3 is 2.78 bits per heavy atom. The largest absolute Gasteiger partial charge is 0.331 e. The Bertz CT molecular complexity index is 606. The Kier molecular flexibility index (Phi) is 3.97. The number of nitrogens with zero attached hydrogens (tertiary/aromatic N) is 5. The van der Waals surface area contributed by atoms with Gasteiger partial charge in [-0.2, -0.15) is 0 Å². The second-order valence-electron chi connectivity index (χ2n) is 6.62. The monoisotopic (exact) mass is 317 g/mol. The molecule has 23 heavy (non-hydrogen) atoms. The highest BCUT2D eigenvalue weighted by Gasteiger charge is 2.48. The van der Waals surface area contributed by atoms with Crippen LogP contribution in [0.15, 0.2) is 24.5 Å². The Morgan fingerprint density at radius 2 is 2.13 bits per heavy atom. The van der Waals surface area contributed by atoms with Crippen molar-refractivity contribution in [3.05, 3.63) is 24.5 Å². The molecule has 0 aliphatic carbocycles. The van der Waals surface area contributed by atoms with Crippen molar-refractivity contribution < 1.29 is 9.59 Å². The van der Waals surface area contributed by atoms with Crippen LogP contribution in [0.3, 0.4) is 0 Å². The highest BCUT2D eigenvalue weighted by Crippen LogP contribution is 2.33. The van der Waals surface area contributed by atoms with E-state index in [0.29, 0.717) is 19.6 Å². The number of likely N-dealkylation sites (N-methyl/N-ethyl adjacent to an activating group) is 1. The van der Waals surface area contributed by atoms with Gasteiger partial charge in [-0.05, 0) is 25.6 Å². The van der Waals surface area contributed by atoms with E-state index in [-0.39, 0.29) is 17.5 Å². The van der Waals surface area contributed by atoms with Crippen LogP contribution >= 0.6 is 0 Å². The quantitative estimate of drug-likeness (QED) is 0.756. The zero-order valence-electron chi connectivity index (χ0n) is 13.9. The van der Waals surface area contributed by atoms with Crippen LogP contribution in [-0.2, 0) is 4.79 Å². The van der Waals surface area contributed by atoms with E-state index in [9.17, 15) is 9.59 Å². The zero-order valence-corrected chi connectivity index (χ0v) is 13.9. The van der Waals surface area contributed by atoms with E-state index >= 15 is 0 Å². The minimum atomic E-state index is -0.185. The summed E-state index contributed by atoms with van der Waals surface area (Å²) in [6.45, 7) is 2.31. The fourth-order valence-electron chi connectivity index (χ4n) is 3.45. The van der Waals surface area contributed by atoms with Gasteiger partial charge >= 0.3 is 6.03 Å². The second kappa shape index (κ2) is 5.81. The van der Waals surface area contributed by atoms with Gasteiger partial charge < -0.3 is 14.7 Å². The zero-order chi connectivity index (χ0) is 16.6. The third-order valence-electron chi connectivity index (χ3n) is 4.88. The van der Waals surface area contributed by atoms with Gasteiger partial charge in [0.15, 0.2) is 0 Å². The molecule has 2 aliphatic rings. The number of aromatic nitrogens is 1. The SMILES string of the molecule is CN(C)C(=O)N1CC[C@]2(C1)CN(c1cccnc1)C(=O)CN2C. The van der Waals surface area contributed by atoms with Gasteiger partial charge in [-0.1, -0.05) is 0 Å². The van der Waals surface area contributed by atoms with Crippen molar-refractivity contribution in [1.29, 1.82) is 0 Å². The van der Waals surface area contributed by atoms with Crippen LogP contribution < -0.4 is 4.90 Å². The average molecular weight is 317 g/mol. The summed E-state index contributed by atoms with van der Waals surface area (Å²) >= 11 is 0. The van der Waals surface area contributed by atoms with Crippen LogP contribution in [0.5, 0.6) is 0 Å². The molecule has 1 aromatic rings. The van der Waals surface area contributed by atoms with Crippen molar-refractivity contribution in [1.82, 2.24) is 19.7 Å². The van der Waals surface area contributed by atoms with Gasteiger partial charge in [0.2, 0.25) is 5.91 Å². The third kappa shape index (κ3) is 2.76. The lowest BCUT2D eigenvalue weighted by molar-refractivity contribution is -0.123. The van der Waals surface area contributed by atoms with Crippen molar-refractivity contribution in [2.75, 3.05) is 52.2 Å². The fraction of sp³-hybridized carbons (Fsp3) is 0.562. The summed E-state index contributed by atoms with van der Waals surface area (Å²) in [7, 11) is 5.51. The third-order valence-corrected chi connectivity index (χ3v) is 4.88. The second-order valence-corrected chi connectivity index (χ2v) is 6.62. The molecule has 2 aliphatic heterocycles. The molecule has 1 spiro atoms. The van der Waals surface area contributed by atoms with E-state index in [0.717, 1.165) is 18.7 Å². The predicted octanol–water partition coefficient (Wildman–Crippen LogP) is 0.486. The van der Waals surface area contributed by atoms with Crippen LogP contribution in [0.2, 0.25) is 0 Å². The molecule has 7 heteroatoms. The van der Waals surface area contributed by atoms with Crippen molar-refractivity contribution in [3.63, 3.8) is 0 Å². The molecular weight excluding hydrogens is 294 g/mol. The molecule has 1 aromatic heterocycles. The highest BCUT2D eigenvalue weighted by atomic mass is 16.2. The molecule has 2 saturated heterocycles. The summed E-state index contributed by atoms with van der Waals surface area (Å²) in [5.74, 6) is 0.0727. The molecule has 0 aromatic carbocycles. The Morgan fingerprint density at radius 1 is 1.35 bits per heavy atom. The van der Waals surface area contributed by atoms with Gasteiger partial charge in [0.1, 0.15) is 0 Å². The highest BCUT2D eigenvalue weighted by molar-refractivity contribution is 5.95. The van der Waals surface area contributed by atoms with Crippen molar-refractivity contribution >= 4 is 17.6 Å². The van der Waals surface area contributed by atoms with E-state index in [1.54, 1.807) is 36.3 Å². The average Bonchev–Trinajstić information content (AvgIpc) is 2.96. The number of urea groups is 1. The number of carbonyl (C=O) groups is 2. The normalized spacial score (nSPS) is 25.3. The molecule has 0 saturated carbocycles. The maximum atomic E-state index is 12.4.